The van der Waals surface area contributed by atoms with E-state index in [0.717, 1.165) is 0 Å². The highest BCUT2D eigenvalue weighted by Crippen LogP contribution is 1.94. The van der Waals surface area contributed by atoms with Crippen LogP contribution in [0, 0.1) is 0 Å². The maximum atomic E-state index is 6.84. The minimum atomic E-state index is 0.259. The molecule has 0 atom stereocenters. The van der Waals surface area contributed by atoms with Gasteiger partial charge in [0.1, 0.15) is 6.33 Å². The first-order valence-corrected chi connectivity index (χ1v) is 1.87. The van der Waals surface area contributed by atoms with Gasteiger partial charge in [-0.1, -0.05) is 0 Å². The van der Waals surface area contributed by atoms with Crippen LogP contribution in [0.3, 0.4) is 0 Å². The molecule has 3 heteroatoms. The fourth-order valence-electron chi connectivity index (χ4n) is 0.291. The molecular weight excluding hydrogens is 92.1 g/mol. The van der Waals surface area contributed by atoms with Gasteiger partial charge in [-0.05, 0) is 0 Å². The molecule has 1 aromatic rings. The van der Waals surface area contributed by atoms with Crippen LogP contribution in [0.25, 0.3) is 0 Å². The maximum Gasteiger partial charge on any atom is 0.359 e. The molecule has 0 saturated carbocycles. The summed E-state index contributed by atoms with van der Waals surface area (Å²) in [4.78, 5) is 7.15. The van der Waals surface area contributed by atoms with E-state index in [0.29, 0.717) is 0 Å². The average Bonchev–Trinajstić information content (AvgIpc) is 1.69. The molecule has 0 spiro atoms. The van der Waals surface area contributed by atoms with Crippen LogP contribution in [-0.2, 0) is 0 Å². The highest BCUT2D eigenvalue weighted by molar-refractivity contribution is 5.00. The Balaban J connectivity index is 3.02. The first-order valence-electron chi connectivity index (χ1n) is 1.87. The second-order valence-corrected chi connectivity index (χ2v) is 1.09. The van der Waals surface area contributed by atoms with Crippen molar-refractivity contribution in [3.05, 3.63) is 18.6 Å². The van der Waals surface area contributed by atoms with Gasteiger partial charge >= 0.3 is 5.88 Å². The minimum Gasteiger partial charge on any atom is -0.579 e. The number of rotatable bonds is 0. The lowest BCUT2D eigenvalue weighted by Gasteiger charge is -1.77. The lowest BCUT2D eigenvalue weighted by Crippen LogP contribution is -1.71. The summed E-state index contributed by atoms with van der Waals surface area (Å²) in [6.07, 6.45) is 2.89. The molecule has 0 saturated heterocycles. The Morgan fingerprint density at radius 1 is 1.57 bits per heavy atom. The quantitative estimate of drug-likeness (QED) is 0.425. The Bertz CT molecular complexity index is 140. The van der Waals surface area contributed by atoms with Gasteiger partial charge in [-0.3, -0.25) is 0 Å². The Morgan fingerprint density at radius 2 is 2.43 bits per heavy atom. The summed E-state index contributed by atoms with van der Waals surface area (Å²) in [7, 11) is 0. The molecule has 0 bridgehead atoms. The summed E-state index contributed by atoms with van der Waals surface area (Å²) in [5.41, 5.74) is 0. The zero-order valence-electron chi connectivity index (χ0n) is 3.63. The Labute approximate surface area is 40.7 Å². The zero-order chi connectivity index (χ0) is 5.11. The number of hydrogen-bond donors (Lipinski definition) is 0. The Hall–Kier alpha value is -1.12. The summed E-state index contributed by atoms with van der Waals surface area (Å²) in [6, 6.07) is 1.53. The second-order valence-electron chi connectivity index (χ2n) is 1.09. The van der Waals surface area contributed by atoms with Crippen molar-refractivity contribution < 1.29 is 5.11 Å². The van der Waals surface area contributed by atoms with E-state index in [1.54, 1.807) is 0 Å². The Morgan fingerprint density at radius 3 is 2.71 bits per heavy atom. The lowest BCUT2D eigenvalue weighted by atomic mass is 10.7. The smallest absolute Gasteiger partial charge is 0.359 e. The van der Waals surface area contributed by atoms with Crippen molar-refractivity contribution in [2.45, 2.75) is 0 Å². The zero-order valence-corrected chi connectivity index (χ0v) is 3.63. The van der Waals surface area contributed by atoms with Gasteiger partial charge in [0.2, 0.25) is 0 Å². The number of nitrogens with zero attached hydrogens (tertiary/aromatic N) is 2. The molecule has 0 radical (unpaired) electrons. The summed E-state index contributed by atoms with van der Waals surface area (Å²) in [5, 5.41) is 6.84. The molecule has 0 aliphatic carbocycles. The molecule has 3 nitrogen and oxygen atoms in total. The van der Waals surface area contributed by atoms with E-state index in [9.17, 15) is 0 Å². The summed E-state index contributed by atoms with van der Waals surface area (Å²) in [5.74, 6) is 0.259. The molecule has 36 valence electrons. The fourth-order valence-corrected chi connectivity index (χ4v) is 0.291. The lowest BCUT2D eigenvalue weighted by molar-refractivity contribution is 0.452. The topological polar surface area (TPSA) is 48.7 Å². The van der Waals surface area contributed by atoms with Gasteiger partial charge < -0.3 is 5.11 Å². The van der Waals surface area contributed by atoms with E-state index < -0.39 is 0 Å². The second kappa shape index (κ2) is 1.55. The van der Waals surface area contributed by atoms with Crippen LogP contribution in [0.4, 0.5) is 0 Å². The third kappa shape index (κ3) is 0.855. The van der Waals surface area contributed by atoms with E-state index in [4.69, 9.17) is 5.11 Å². The molecule has 2 N–H and O–H groups in total. The molecule has 1 aromatic heterocycles. The number of hydrogen-bond acceptors (Lipinski definition) is 2. The fraction of sp³-hybridized carbons (Fsp3) is 0. The first kappa shape index (κ1) is 4.05. The van der Waals surface area contributed by atoms with Crippen LogP contribution in [0.5, 0.6) is 5.88 Å². The maximum absolute atomic E-state index is 6.84. The van der Waals surface area contributed by atoms with Crippen molar-refractivity contribution >= 4 is 0 Å². The molecule has 7 heavy (non-hydrogen) atoms. The van der Waals surface area contributed by atoms with Crippen LogP contribution >= 0.6 is 0 Å². The number of aromatic nitrogens is 2. The van der Waals surface area contributed by atoms with E-state index in [-0.39, 0.29) is 5.88 Å². The normalized spacial score (nSPS) is 8.57. The van der Waals surface area contributed by atoms with E-state index in [1.807, 2.05) is 0 Å². The van der Waals surface area contributed by atoms with Gasteiger partial charge in [0, 0.05) is 6.20 Å². The molecule has 0 aliphatic rings. The Kier molecular flexibility index (Phi) is 0.898. The monoisotopic (exact) mass is 97.0 g/mol. The highest BCUT2D eigenvalue weighted by Gasteiger charge is 1.83. The van der Waals surface area contributed by atoms with E-state index in [2.05, 4.69) is 9.97 Å². The van der Waals surface area contributed by atoms with Crippen molar-refractivity contribution in [1.82, 2.24) is 9.97 Å². The van der Waals surface area contributed by atoms with Gasteiger partial charge in [-0.2, -0.15) is 4.98 Å². The van der Waals surface area contributed by atoms with Gasteiger partial charge in [-0.15, -0.1) is 0 Å². The van der Waals surface area contributed by atoms with Crippen LogP contribution in [0.15, 0.2) is 18.6 Å². The summed E-state index contributed by atoms with van der Waals surface area (Å²) >= 11 is 0. The predicted octanol–water partition coefficient (Wildman–Crippen LogP) is -0.0855. The predicted molar refractivity (Wildman–Crippen MR) is 25.1 cm³/mol. The summed E-state index contributed by atoms with van der Waals surface area (Å²) in [6.45, 7) is 0. The van der Waals surface area contributed by atoms with E-state index >= 15 is 0 Å². The molecule has 0 unspecified atom stereocenters. The third-order valence-electron chi connectivity index (χ3n) is 0.582. The highest BCUT2D eigenvalue weighted by atomic mass is 16.3. The van der Waals surface area contributed by atoms with Gasteiger partial charge in [0.15, 0.2) is 0 Å². The third-order valence-corrected chi connectivity index (χ3v) is 0.582. The van der Waals surface area contributed by atoms with Gasteiger partial charge in [0.05, 0.1) is 6.07 Å². The largest absolute Gasteiger partial charge is 0.579 e. The molecule has 0 aliphatic heterocycles. The molecule has 0 fully saturated rings. The minimum absolute atomic E-state index is 0.259. The average molecular weight is 97.1 g/mol. The SMILES string of the molecule is [OH2+]c1ccncn1. The van der Waals surface area contributed by atoms with E-state index in [1.165, 1.54) is 18.6 Å². The van der Waals surface area contributed by atoms with Crippen LogP contribution in [0.2, 0.25) is 0 Å². The van der Waals surface area contributed by atoms with Gasteiger partial charge in [0.25, 0.3) is 0 Å². The van der Waals surface area contributed by atoms with Crippen molar-refractivity contribution in [2.24, 2.45) is 0 Å². The van der Waals surface area contributed by atoms with Crippen molar-refractivity contribution in [3.8, 4) is 5.88 Å². The summed E-state index contributed by atoms with van der Waals surface area (Å²) < 4.78 is 0. The first-order chi connectivity index (χ1) is 3.39. The van der Waals surface area contributed by atoms with Crippen molar-refractivity contribution in [2.75, 3.05) is 0 Å². The molecular formula is C4H5N2O+. The molecule has 0 amide bonds. The molecule has 0 aromatic carbocycles. The van der Waals surface area contributed by atoms with Crippen molar-refractivity contribution in [3.63, 3.8) is 0 Å². The van der Waals surface area contributed by atoms with Gasteiger partial charge in [-0.25, -0.2) is 4.98 Å². The van der Waals surface area contributed by atoms with Crippen LogP contribution in [-0.4, -0.2) is 15.1 Å². The van der Waals surface area contributed by atoms with Crippen molar-refractivity contribution in [1.29, 1.82) is 0 Å². The van der Waals surface area contributed by atoms with Crippen LogP contribution in [0.1, 0.15) is 0 Å². The van der Waals surface area contributed by atoms with Crippen LogP contribution < -0.4 is 0 Å². The molecule has 1 rings (SSSR count). The molecule has 1 heterocycles. The standard InChI is InChI=1S/C4H4N2O/c7-4-1-2-5-3-6-4/h1-3H,(H,5,6,7)/p+1.